The van der Waals surface area contributed by atoms with E-state index in [0.717, 1.165) is 30.7 Å². The van der Waals surface area contributed by atoms with E-state index in [4.69, 9.17) is 10.1 Å². The number of carbonyl (C=O) groups excluding carboxylic acids is 1. The zero-order valence-electron chi connectivity index (χ0n) is 12.9. The minimum absolute atomic E-state index is 0.265. The summed E-state index contributed by atoms with van der Waals surface area (Å²) in [7, 11) is 0. The Balaban J connectivity index is 1.71. The first-order chi connectivity index (χ1) is 10.6. The van der Waals surface area contributed by atoms with E-state index in [2.05, 4.69) is 0 Å². The second-order valence-corrected chi connectivity index (χ2v) is 7.43. The number of nitrogens with zero attached hydrogens (tertiary/aromatic N) is 2. The SMILES string of the molecule is CC(C(=O)O)C(=O)N1CCCC(c2nc3c(s2)CCCC3)C1. The van der Waals surface area contributed by atoms with Crippen molar-refractivity contribution in [3.63, 3.8) is 0 Å². The molecule has 1 aromatic rings. The van der Waals surface area contributed by atoms with Crippen LogP contribution < -0.4 is 0 Å². The molecule has 2 heterocycles. The van der Waals surface area contributed by atoms with E-state index in [0.29, 0.717) is 13.1 Å². The van der Waals surface area contributed by atoms with Gasteiger partial charge in [-0.25, -0.2) is 4.98 Å². The van der Waals surface area contributed by atoms with Gasteiger partial charge in [0.05, 0.1) is 10.7 Å². The first-order valence-electron chi connectivity index (χ1n) is 8.06. The third kappa shape index (κ3) is 3.02. The predicted octanol–water partition coefficient (Wildman–Crippen LogP) is 2.45. The van der Waals surface area contributed by atoms with Crippen LogP contribution in [0.3, 0.4) is 0 Å². The molecule has 1 aliphatic carbocycles. The highest BCUT2D eigenvalue weighted by atomic mass is 32.1. The Kier molecular flexibility index (Phi) is 4.47. The van der Waals surface area contributed by atoms with E-state index in [1.165, 1.54) is 30.3 Å². The highest BCUT2D eigenvalue weighted by Gasteiger charge is 2.32. The largest absolute Gasteiger partial charge is 0.481 e. The molecule has 2 aliphatic rings. The normalized spacial score (nSPS) is 23.0. The lowest BCUT2D eigenvalue weighted by molar-refractivity contribution is -0.150. The summed E-state index contributed by atoms with van der Waals surface area (Å²) in [5, 5.41) is 10.2. The number of aryl methyl sites for hydroxylation is 2. The average molecular weight is 322 g/mol. The maximum Gasteiger partial charge on any atom is 0.315 e. The first-order valence-corrected chi connectivity index (χ1v) is 8.88. The van der Waals surface area contributed by atoms with Crippen molar-refractivity contribution in [1.29, 1.82) is 0 Å². The van der Waals surface area contributed by atoms with Gasteiger partial charge < -0.3 is 10.0 Å². The number of amides is 1. The van der Waals surface area contributed by atoms with Crippen LogP contribution in [0.15, 0.2) is 0 Å². The van der Waals surface area contributed by atoms with Gasteiger partial charge in [0, 0.05) is 23.9 Å². The standard InChI is InChI=1S/C16H22N2O3S/c1-10(16(20)21)15(19)18-8-4-5-11(9-18)14-17-12-6-2-3-7-13(12)22-14/h10-11H,2-9H2,1H3,(H,20,21). The molecule has 6 heteroatoms. The van der Waals surface area contributed by atoms with Crippen molar-refractivity contribution in [3.05, 3.63) is 15.6 Å². The number of piperidine rings is 1. The summed E-state index contributed by atoms with van der Waals surface area (Å²) in [5.74, 6) is -1.99. The van der Waals surface area contributed by atoms with E-state index < -0.39 is 11.9 Å². The Morgan fingerprint density at radius 2 is 2.09 bits per heavy atom. The minimum atomic E-state index is -1.04. The van der Waals surface area contributed by atoms with E-state index in [1.54, 1.807) is 16.2 Å². The fraction of sp³-hybridized carbons (Fsp3) is 0.688. The monoisotopic (exact) mass is 322 g/mol. The summed E-state index contributed by atoms with van der Waals surface area (Å²) in [5.41, 5.74) is 1.26. The number of aromatic nitrogens is 1. The van der Waals surface area contributed by atoms with Gasteiger partial charge in [0.15, 0.2) is 0 Å². The van der Waals surface area contributed by atoms with Gasteiger partial charge in [-0.05, 0) is 45.4 Å². The van der Waals surface area contributed by atoms with Gasteiger partial charge in [-0.15, -0.1) is 11.3 Å². The van der Waals surface area contributed by atoms with Gasteiger partial charge >= 0.3 is 5.97 Å². The number of thiazole rings is 1. The van der Waals surface area contributed by atoms with E-state index in [1.807, 2.05) is 0 Å². The summed E-state index contributed by atoms with van der Waals surface area (Å²) >= 11 is 1.80. The number of hydrogen-bond acceptors (Lipinski definition) is 4. The molecular formula is C16H22N2O3S. The first kappa shape index (κ1) is 15.5. The smallest absolute Gasteiger partial charge is 0.315 e. The molecule has 3 rings (SSSR count). The number of likely N-dealkylation sites (tertiary alicyclic amines) is 1. The quantitative estimate of drug-likeness (QED) is 0.868. The van der Waals surface area contributed by atoms with Gasteiger partial charge in [0.25, 0.3) is 0 Å². The molecule has 1 N–H and O–H groups in total. The molecule has 22 heavy (non-hydrogen) atoms. The molecule has 120 valence electrons. The molecule has 0 saturated carbocycles. The maximum atomic E-state index is 12.2. The summed E-state index contributed by atoms with van der Waals surface area (Å²) < 4.78 is 0. The van der Waals surface area contributed by atoms with Crippen molar-refractivity contribution < 1.29 is 14.7 Å². The Hall–Kier alpha value is -1.43. The summed E-state index contributed by atoms with van der Waals surface area (Å²) in [6.45, 7) is 2.75. The third-order valence-electron chi connectivity index (χ3n) is 4.69. The molecule has 0 bridgehead atoms. The number of aliphatic carboxylic acids is 1. The van der Waals surface area contributed by atoms with Crippen molar-refractivity contribution in [2.24, 2.45) is 5.92 Å². The molecule has 0 radical (unpaired) electrons. The number of carboxylic acids is 1. The van der Waals surface area contributed by atoms with E-state index in [-0.39, 0.29) is 11.8 Å². The highest BCUT2D eigenvalue weighted by Crippen LogP contribution is 2.34. The van der Waals surface area contributed by atoms with Gasteiger partial charge in [0.2, 0.25) is 5.91 Å². The van der Waals surface area contributed by atoms with Gasteiger partial charge in [-0.1, -0.05) is 0 Å². The lowest BCUT2D eigenvalue weighted by Gasteiger charge is -2.32. The van der Waals surface area contributed by atoms with Crippen LogP contribution in [0.1, 0.15) is 54.1 Å². The Labute approximate surface area is 134 Å². The third-order valence-corrected chi connectivity index (χ3v) is 6.01. The molecule has 2 atom stereocenters. The van der Waals surface area contributed by atoms with Crippen LogP contribution >= 0.6 is 11.3 Å². The molecule has 5 nitrogen and oxygen atoms in total. The molecule has 1 amide bonds. The second-order valence-electron chi connectivity index (χ2n) is 6.31. The van der Waals surface area contributed by atoms with Crippen LogP contribution in [0.25, 0.3) is 0 Å². The maximum absolute atomic E-state index is 12.2. The van der Waals surface area contributed by atoms with E-state index in [9.17, 15) is 9.59 Å². The van der Waals surface area contributed by atoms with Crippen LogP contribution in [-0.4, -0.2) is 40.0 Å². The van der Waals surface area contributed by atoms with Gasteiger partial charge in [0.1, 0.15) is 5.92 Å². The van der Waals surface area contributed by atoms with Gasteiger partial charge in [-0.3, -0.25) is 9.59 Å². The number of carbonyl (C=O) groups is 2. The second kappa shape index (κ2) is 6.36. The number of fused-ring (bicyclic) bond motifs is 1. The van der Waals surface area contributed by atoms with Crippen LogP contribution in [0.5, 0.6) is 0 Å². The van der Waals surface area contributed by atoms with Crippen molar-refractivity contribution >= 4 is 23.2 Å². The Morgan fingerprint density at radius 3 is 2.82 bits per heavy atom. The molecule has 0 spiro atoms. The molecule has 1 aliphatic heterocycles. The highest BCUT2D eigenvalue weighted by molar-refractivity contribution is 7.11. The van der Waals surface area contributed by atoms with Crippen LogP contribution in [0.2, 0.25) is 0 Å². The zero-order valence-corrected chi connectivity index (χ0v) is 13.7. The van der Waals surface area contributed by atoms with Crippen LogP contribution in [0.4, 0.5) is 0 Å². The van der Waals surface area contributed by atoms with Gasteiger partial charge in [-0.2, -0.15) is 0 Å². The van der Waals surface area contributed by atoms with Crippen molar-refractivity contribution in [1.82, 2.24) is 9.88 Å². The molecule has 2 unspecified atom stereocenters. The summed E-state index contributed by atoms with van der Waals surface area (Å²) in [6.07, 6.45) is 6.65. The topological polar surface area (TPSA) is 70.5 Å². The minimum Gasteiger partial charge on any atom is -0.481 e. The average Bonchev–Trinajstić information content (AvgIpc) is 2.97. The summed E-state index contributed by atoms with van der Waals surface area (Å²) in [4.78, 5) is 31.2. The molecule has 1 saturated heterocycles. The van der Waals surface area contributed by atoms with Crippen molar-refractivity contribution in [2.45, 2.75) is 51.4 Å². The Bertz CT molecular complexity index is 560. The lowest BCUT2D eigenvalue weighted by Crippen LogP contribution is -2.43. The van der Waals surface area contributed by atoms with E-state index >= 15 is 0 Å². The molecule has 1 aromatic heterocycles. The molecule has 0 aromatic carbocycles. The number of carboxylic acid groups (broad SMARTS) is 1. The predicted molar refractivity (Wildman–Crippen MR) is 84.1 cm³/mol. The lowest BCUT2D eigenvalue weighted by atomic mass is 9.97. The number of hydrogen-bond donors (Lipinski definition) is 1. The molecule has 1 fully saturated rings. The van der Waals surface area contributed by atoms with Crippen molar-refractivity contribution in [2.75, 3.05) is 13.1 Å². The fourth-order valence-corrected chi connectivity index (χ4v) is 4.58. The van der Waals surface area contributed by atoms with Crippen LogP contribution in [-0.2, 0) is 22.4 Å². The zero-order chi connectivity index (χ0) is 15.7. The van der Waals surface area contributed by atoms with Crippen LogP contribution in [0, 0.1) is 5.92 Å². The van der Waals surface area contributed by atoms with Crippen molar-refractivity contribution in [3.8, 4) is 0 Å². The fourth-order valence-electron chi connectivity index (χ4n) is 3.30. The summed E-state index contributed by atoms with van der Waals surface area (Å²) in [6, 6.07) is 0. The number of rotatable bonds is 3. The Morgan fingerprint density at radius 1 is 1.32 bits per heavy atom. The molecular weight excluding hydrogens is 300 g/mol.